The van der Waals surface area contributed by atoms with Crippen molar-refractivity contribution >= 4 is 32.7 Å². The number of hydrogen-bond acceptors (Lipinski definition) is 2. The van der Waals surface area contributed by atoms with Crippen LogP contribution >= 0.6 is 27.5 Å². The van der Waals surface area contributed by atoms with Crippen molar-refractivity contribution in [2.24, 2.45) is 4.99 Å². The Morgan fingerprint density at radius 3 is 2.86 bits per heavy atom. The molecule has 0 aromatic heterocycles. The van der Waals surface area contributed by atoms with Gasteiger partial charge in [-0.2, -0.15) is 0 Å². The van der Waals surface area contributed by atoms with Gasteiger partial charge in [-0.25, -0.2) is 4.99 Å². The number of fused-ring (bicyclic) bond motifs is 1. The van der Waals surface area contributed by atoms with Gasteiger partial charge in [0.25, 0.3) is 0 Å². The number of halogens is 2. The maximum absolute atomic E-state index is 6.05. The van der Waals surface area contributed by atoms with Crippen LogP contribution in [0.15, 0.2) is 27.7 Å². The molecule has 0 aliphatic carbocycles. The van der Waals surface area contributed by atoms with Crippen molar-refractivity contribution in [1.29, 1.82) is 0 Å². The molecule has 0 bridgehead atoms. The Labute approximate surface area is 96.1 Å². The van der Waals surface area contributed by atoms with E-state index in [-0.39, 0.29) is 0 Å². The smallest absolute Gasteiger partial charge is 0.196 e. The molecule has 0 saturated carbocycles. The van der Waals surface area contributed by atoms with Gasteiger partial charge in [-0.1, -0.05) is 27.5 Å². The maximum Gasteiger partial charge on any atom is 0.196 e. The van der Waals surface area contributed by atoms with Crippen LogP contribution in [0.4, 0.5) is 0 Å². The first-order valence-corrected chi connectivity index (χ1v) is 5.39. The average Bonchev–Trinajstić information content (AvgIpc) is 2.05. The topological polar surface area (TPSA) is 21.6 Å². The highest BCUT2D eigenvalue weighted by molar-refractivity contribution is 9.10. The van der Waals surface area contributed by atoms with Crippen LogP contribution < -0.4 is 4.74 Å². The predicted molar refractivity (Wildman–Crippen MR) is 61.2 cm³/mol. The summed E-state index contributed by atoms with van der Waals surface area (Å²) in [6, 6.07) is 5.71. The number of ether oxygens (including phenoxy) is 1. The molecule has 1 aromatic carbocycles. The third-order valence-corrected chi connectivity index (χ3v) is 2.67. The van der Waals surface area contributed by atoms with Crippen molar-refractivity contribution in [1.82, 2.24) is 0 Å². The van der Waals surface area contributed by atoms with Gasteiger partial charge in [0.1, 0.15) is 10.9 Å². The van der Waals surface area contributed by atoms with Crippen LogP contribution in [0.25, 0.3) is 0 Å². The molecule has 2 rings (SSSR count). The molecule has 0 atom stereocenters. The Kier molecular flexibility index (Phi) is 2.32. The third-order valence-electron chi connectivity index (χ3n) is 1.89. The zero-order chi connectivity index (χ0) is 10.3. The van der Waals surface area contributed by atoms with Crippen molar-refractivity contribution in [3.05, 3.63) is 28.2 Å². The lowest BCUT2D eigenvalue weighted by Crippen LogP contribution is -2.30. The minimum Gasteiger partial charge on any atom is -0.466 e. The van der Waals surface area contributed by atoms with Gasteiger partial charge >= 0.3 is 0 Å². The van der Waals surface area contributed by atoms with E-state index in [0.29, 0.717) is 5.17 Å². The summed E-state index contributed by atoms with van der Waals surface area (Å²) in [5.74, 6) is 0.776. The number of rotatable bonds is 0. The van der Waals surface area contributed by atoms with Crippen LogP contribution in [0.3, 0.4) is 0 Å². The lowest BCUT2D eigenvalue weighted by Gasteiger charge is -2.28. The van der Waals surface area contributed by atoms with Crippen molar-refractivity contribution in [3.8, 4) is 5.75 Å². The molecule has 0 fully saturated rings. The number of nitrogens with zero attached hydrogens (tertiary/aromatic N) is 1. The molecule has 14 heavy (non-hydrogen) atoms. The fourth-order valence-corrected chi connectivity index (χ4v) is 2.05. The molecule has 0 amide bonds. The Morgan fingerprint density at radius 2 is 2.14 bits per heavy atom. The van der Waals surface area contributed by atoms with Gasteiger partial charge in [-0.15, -0.1) is 0 Å². The molecular weight excluding hydrogens is 265 g/mol. The van der Waals surface area contributed by atoms with Crippen LogP contribution in [-0.2, 0) is 0 Å². The number of hydrogen-bond donors (Lipinski definition) is 0. The second kappa shape index (κ2) is 3.24. The molecule has 1 aliphatic rings. The van der Waals surface area contributed by atoms with Crippen LogP contribution in [0.2, 0.25) is 0 Å². The van der Waals surface area contributed by atoms with Crippen LogP contribution in [0.5, 0.6) is 5.75 Å². The highest BCUT2D eigenvalue weighted by Crippen LogP contribution is 2.33. The molecule has 4 heteroatoms. The van der Waals surface area contributed by atoms with E-state index in [9.17, 15) is 0 Å². The SMILES string of the molecule is CC1(C)N=C(Cl)c2cc(Br)ccc2O1. The molecule has 0 radical (unpaired) electrons. The highest BCUT2D eigenvalue weighted by Gasteiger charge is 2.26. The van der Waals surface area contributed by atoms with Gasteiger partial charge in [-0.05, 0) is 32.0 Å². The molecule has 0 unspecified atom stereocenters. The van der Waals surface area contributed by atoms with Gasteiger partial charge in [0.2, 0.25) is 0 Å². The van der Waals surface area contributed by atoms with E-state index in [1.807, 2.05) is 32.0 Å². The first kappa shape index (κ1) is 9.99. The maximum atomic E-state index is 6.05. The summed E-state index contributed by atoms with van der Waals surface area (Å²) < 4.78 is 6.62. The molecule has 1 aromatic rings. The molecular formula is C10H9BrClNO. The van der Waals surface area contributed by atoms with Crippen molar-refractivity contribution in [2.45, 2.75) is 19.6 Å². The van der Waals surface area contributed by atoms with Crippen LogP contribution in [-0.4, -0.2) is 10.9 Å². The Hall–Kier alpha value is -0.540. The van der Waals surface area contributed by atoms with Gasteiger partial charge in [0.05, 0.1) is 5.56 Å². The van der Waals surface area contributed by atoms with Gasteiger partial charge in [0.15, 0.2) is 5.72 Å². The summed E-state index contributed by atoms with van der Waals surface area (Å²) in [6.45, 7) is 3.75. The summed E-state index contributed by atoms with van der Waals surface area (Å²) in [4.78, 5) is 4.24. The Morgan fingerprint density at radius 1 is 1.43 bits per heavy atom. The van der Waals surface area contributed by atoms with Crippen molar-refractivity contribution in [2.75, 3.05) is 0 Å². The van der Waals surface area contributed by atoms with E-state index in [0.717, 1.165) is 15.8 Å². The lowest BCUT2D eigenvalue weighted by atomic mass is 10.1. The molecule has 0 N–H and O–H groups in total. The fourth-order valence-electron chi connectivity index (χ4n) is 1.34. The summed E-state index contributed by atoms with van der Waals surface area (Å²) in [7, 11) is 0. The summed E-state index contributed by atoms with van der Waals surface area (Å²) >= 11 is 9.43. The van der Waals surface area contributed by atoms with Gasteiger partial charge in [0, 0.05) is 4.47 Å². The molecule has 2 nitrogen and oxygen atoms in total. The summed E-state index contributed by atoms with van der Waals surface area (Å²) in [5.41, 5.74) is 0.262. The molecule has 0 spiro atoms. The molecule has 74 valence electrons. The first-order valence-electron chi connectivity index (χ1n) is 4.22. The van der Waals surface area contributed by atoms with E-state index in [4.69, 9.17) is 16.3 Å². The largest absolute Gasteiger partial charge is 0.466 e. The highest BCUT2D eigenvalue weighted by atomic mass is 79.9. The quantitative estimate of drug-likeness (QED) is 0.709. The van der Waals surface area contributed by atoms with Crippen LogP contribution in [0.1, 0.15) is 19.4 Å². The van der Waals surface area contributed by atoms with E-state index < -0.39 is 5.72 Å². The third kappa shape index (κ3) is 1.79. The van der Waals surface area contributed by atoms with E-state index >= 15 is 0 Å². The van der Waals surface area contributed by atoms with E-state index in [1.54, 1.807) is 0 Å². The van der Waals surface area contributed by atoms with Gasteiger partial charge in [-0.3, -0.25) is 0 Å². The van der Waals surface area contributed by atoms with E-state index in [2.05, 4.69) is 20.9 Å². The molecule has 0 saturated heterocycles. The number of aliphatic imine (C=N–C) groups is 1. The first-order chi connectivity index (χ1) is 6.48. The minimum atomic E-state index is -0.572. The monoisotopic (exact) mass is 273 g/mol. The lowest BCUT2D eigenvalue weighted by molar-refractivity contribution is 0.116. The Balaban J connectivity index is 2.56. The zero-order valence-corrected chi connectivity index (χ0v) is 10.2. The fraction of sp³-hybridized carbons (Fsp3) is 0.300. The predicted octanol–water partition coefficient (Wildman–Crippen LogP) is 3.56. The zero-order valence-electron chi connectivity index (χ0n) is 7.84. The standard InChI is InChI=1S/C10H9BrClNO/c1-10(2)13-9(12)7-5-6(11)3-4-8(7)14-10/h3-5H,1-2H3. The summed E-state index contributed by atoms with van der Waals surface area (Å²) in [6.07, 6.45) is 0. The number of benzene rings is 1. The van der Waals surface area contributed by atoms with Crippen molar-refractivity contribution in [3.63, 3.8) is 0 Å². The van der Waals surface area contributed by atoms with Gasteiger partial charge < -0.3 is 4.74 Å². The van der Waals surface area contributed by atoms with Crippen molar-refractivity contribution < 1.29 is 4.74 Å². The van der Waals surface area contributed by atoms with Crippen LogP contribution in [0, 0.1) is 0 Å². The second-order valence-corrected chi connectivity index (χ2v) is 4.87. The second-order valence-electron chi connectivity index (χ2n) is 3.59. The normalized spacial score (nSPS) is 18.1. The molecule has 1 aliphatic heterocycles. The Bertz CT molecular complexity index is 415. The van der Waals surface area contributed by atoms with E-state index in [1.165, 1.54) is 0 Å². The minimum absolute atomic E-state index is 0.498. The molecule has 1 heterocycles. The average molecular weight is 275 g/mol. The summed E-state index contributed by atoms with van der Waals surface area (Å²) in [5, 5.41) is 0.498.